The Morgan fingerprint density at radius 2 is 2.23 bits per heavy atom. The van der Waals surface area contributed by atoms with E-state index >= 15 is 0 Å². The minimum absolute atomic E-state index is 0.106. The fraction of sp³-hybridized carbons (Fsp3) is 0.562. The summed E-state index contributed by atoms with van der Waals surface area (Å²) < 4.78 is 19.7. The molecule has 0 unspecified atom stereocenters. The fourth-order valence-corrected chi connectivity index (χ4v) is 2.96. The van der Waals surface area contributed by atoms with E-state index in [9.17, 15) is 9.18 Å². The van der Waals surface area contributed by atoms with Gasteiger partial charge in [-0.3, -0.25) is 4.79 Å². The lowest BCUT2D eigenvalue weighted by molar-refractivity contribution is -0.117. The van der Waals surface area contributed by atoms with Crippen molar-refractivity contribution in [3.8, 4) is 5.75 Å². The average molecular weight is 326 g/mol. The number of nitrogens with one attached hydrogen (secondary N) is 1. The van der Waals surface area contributed by atoms with Gasteiger partial charge in [-0.1, -0.05) is 0 Å². The molecule has 0 bridgehead atoms. The first-order valence-corrected chi connectivity index (χ1v) is 9.01. The van der Waals surface area contributed by atoms with Gasteiger partial charge < -0.3 is 15.8 Å². The topological polar surface area (TPSA) is 64.4 Å². The van der Waals surface area contributed by atoms with Crippen molar-refractivity contribution in [3.05, 3.63) is 24.0 Å². The van der Waals surface area contributed by atoms with E-state index in [0.717, 1.165) is 31.4 Å². The zero-order valence-corrected chi connectivity index (χ0v) is 13.6. The van der Waals surface area contributed by atoms with Crippen LogP contribution in [0.5, 0.6) is 5.75 Å². The lowest BCUT2D eigenvalue weighted by Gasteiger charge is -2.15. The number of thioether (sulfide) groups is 1. The van der Waals surface area contributed by atoms with E-state index in [0.29, 0.717) is 12.1 Å². The van der Waals surface area contributed by atoms with Gasteiger partial charge in [0.05, 0.1) is 12.1 Å². The van der Waals surface area contributed by atoms with Crippen LogP contribution in [0.25, 0.3) is 0 Å². The molecule has 0 heterocycles. The Bertz CT molecular complexity index is 507. The van der Waals surface area contributed by atoms with Crippen molar-refractivity contribution in [2.45, 2.75) is 44.2 Å². The molecular weight excluding hydrogens is 303 g/mol. The van der Waals surface area contributed by atoms with Gasteiger partial charge in [0.1, 0.15) is 0 Å². The molecule has 0 aromatic heterocycles. The van der Waals surface area contributed by atoms with Gasteiger partial charge in [-0.05, 0) is 56.2 Å². The number of halogens is 1. The maximum Gasteiger partial charge on any atom is 0.241 e. The minimum Gasteiger partial charge on any atom is -0.487 e. The number of hydrogen-bond acceptors (Lipinski definition) is 4. The molecule has 0 radical (unpaired) electrons. The number of carbonyl (C=O) groups is 1. The monoisotopic (exact) mass is 326 g/mol. The first-order valence-electron chi connectivity index (χ1n) is 7.61. The van der Waals surface area contributed by atoms with Crippen molar-refractivity contribution in [3.63, 3.8) is 0 Å². The molecule has 0 spiro atoms. The Morgan fingerprint density at radius 1 is 1.50 bits per heavy atom. The van der Waals surface area contributed by atoms with Gasteiger partial charge in [0, 0.05) is 11.8 Å². The summed E-state index contributed by atoms with van der Waals surface area (Å²) in [6.07, 6.45) is 6.88. The van der Waals surface area contributed by atoms with Crippen LogP contribution in [0.3, 0.4) is 0 Å². The summed E-state index contributed by atoms with van der Waals surface area (Å²) >= 11 is 1.64. The maximum absolute atomic E-state index is 14.0. The summed E-state index contributed by atoms with van der Waals surface area (Å²) in [5.41, 5.74) is 6.19. The van der Waals surface area contributed by atoms with Crippen molar-refractivity contribution in [1.29, 1.82) is 0 Å². The molecular formula is C16H23FN2O2S. The highest BCUT2D eigenvalue weighted by Crippen LogP contribution is 2.27. The van der Waals surface area contributed by atoms with Crippen molar-refractivity contribution in [2.24, 2.45) is 5.73 Å². The van der Waals surface area contributed by atoms with Crippen LogP contribution >= 0.6 is 11.8 Å². The first-order chi connectivity index (χ1) is 10.6. The van der Waals surface area contributed by atoms with Crippen LogP contribution in [-0.4, -0.2) is 30.1 Å². The van der Waals surface area contributed by atoms with Gasteiger partial charge in [-0.2, -0.15) is 11.8 Å². The molecule has 122 valence electrons. The average Bonchev–Trinajstić information content (AvgIpc) is 3.00. The number of anilines is 1. The van der Waals surface area contributed by atoms with E-state index in [1.54, 1.807) is 23.9 Å². The van der Waals surface area contributed by atoms with Crippen LogP contribution in [-0.2, 0) is 4.79 Å². The molecule has 0 saturated heterocycles. The highest BCUT2D eigenvalue weighted by Gasteiger charge is 2.19. The molecule has 0 aliphatic heterocycles. The molecule has 1 aromatic rings. The zero-order valence-electron chi connectivity index (χ0n) is 12.8. The Hall–Kier alpha value is -1.27. The molecule has 1 saturated carbocycles. The molecule has 4 nitrogen and oxygen atoms in total. The van der Waals surface area contributed by atoms with E-state index in [1.807, 2.05) is 6.26 Å². The predicted octanol–water partition coefficient (Wildman–Crippen LogP) is 3.17. The molecule has 1 fully saturated rings. The lowest BCUT2D eigenvalue weighted by atomic mass is 10.2. The van der Waals surface area contributed by atoms with E-state index in [2.05, 4.69) is 5.32 Å². The van der Waals surface area contributed by atoms with Gasteiger partial charge in [0.25, 0.3) is 0 Å². The van der Waals surface area contributed by atoms with Crippen LogP contribution in [0.4, 0.5) is 10.1 Å². The third kappa shape index (κ3) is 4.88. The van der Waals surface area contributed by atoms with Crippen molar-refractivity contribution in [1.82, 2.24) is 0 Å². The van der Waals surface area contributed by atoms with Crippen LogP contribution in [0.2, 0.25) is 0 Å². The second-order valence-corrected chi connectivity index (χ2v) is 6.53. The SMILES string of the molecule is CSCC[C@H](N)C(=O)Nc1ccc(OC2CCCC2)c(F)c1. The van der Waals surface area contributed by atoms with Crippen molar-refractivity contribution < 1.29 is 13.9 Å². The summed E-state index contributed by atoms with van der Waals surface area (Å²) in [7, 11) is 0. The van der Waals surface area contributed by atoms with Crippen molar-refractivity contribution in [2.75, 3.05) is 17.3 Å². The van der Waals surface area contributed by atoms with Gasteiger partial charge >= 0.3 is 0 Å². The van der Waals surface area contributed by atoms with Gasteiger partial charge in [-0.15, -0.1) is 0 Å². The Kier molecular flexibility index (Phi) is 6.51. The third-order valence-corrected chi connectivity index (χ3v) is 4.41. The molecule has 3 N–H and O–H groups in total. The van der Waals surface area contributed by atoms with Crippen LogP contribution in [0.15, 0.2) is 18.2 Å². The molecule has 1 aliphatic carbocycles. The van der Waals surface area contributed by atoms with Crippen LogP contribution < -0.4 is 15.8 Å². The molecule has 2 rings (SSSR count). The quantitative estimate of drug-likeness (QED) is 0.808. The van der Waals surface area contributed by atoms with E-state index < -0.39 is 11.9 Å². The Labute approximate surface area is 135 Å². The van der Waals surface area contributed by atoms with E-state index in [1.165, 1.54) is 6.07 Å². The normalized spacial score (nSPS) is 16.5. The highest BCUT2D eigenvalue weighted by molar-refractivity contribution is 7.98. The number of nitrogens with two attached hydrogens (primary N) is 1. The Balaban J connectivity index is 1.92. The number of ether oxygens (including phenoxy) is 1. The molecule has 1 aliphatic rings. The molecule has 22 heavy (non-hydrogen) atoms. The zero-order chi connectivity index (χ0) is 15.9. The third-order valence-electron chi connectivity index (χ3n) is 3.77. The molecule has 1 aromatic carbocycles. The van der Waals surface area contributed by atoms with E-state index in [4.69, 9.17) is 10.5 Å². The van der Waals surface area contributed by atoms with Crippen LogP contribution in [0.1, 0.15) is 32.1 Å². The number of rotatable bonds is 7. The summed E-state index contributed by atoms with van der Waals surface area (Å²) in [4.78, 5) is 11.9. The second kappa shape index (κ2) is 8.39. The largest absolute Gasteiger partial charge is 0.487 e. The lowest BCUT2D eigenvalue weighted by Crippen LogP contribution is -2.36. The summed E-state index contributed by atoms with van der Waals surface area (Å²) in [5.74, 6) is 0.314. The minimum atomic E-state index is -0.579. The molecule has 1 amide bonds. The number of benzene rings is 1. The number of amides is 1. The highest BCUT2D eigenvalue weighted by atomic mass is 32.2. The second-order valence-electron chi connectivity index (χ2n) is 5.55. The first kappa shape index (κ1) is 17.1. The fourth-order valence-electron chi connectivity index (χ4n) is 2.47. The van der Waals surface area contributed by atoms with Gasteiger partial charge in [0.15, 0.2) is 11.6 Å². The number of carbonyl (C=O) groups excluding carboxylic acids is 1. The summed E-state index contributed by atoms with van der Waals surface area (Å²) in [6, 6.07) is 3.91. The Morgan fingerprint density at radius 3 is 2.86 bits per heavy atom. The van der Waals surface area contributed by atoms with Gasteiger partial charge in [0.2, 0.25) is 5.91 Å². The molecule has 6 heteroatoms. The van der Waals surface area contributed by atoms with Gasteiger partial charge in [-0.25, -0.2) is 4.39 Å². The summed E-state index contributed by atoms with van der Waals surface area (Å²) in [6.45, 7) is 0. The predicted molar refractivity (Wildman–Crippen MR) is 88.9 cm³/mol. The maximum atomic E-state index is 14.0. The van der Waals surface area contributed by atoms with Crippen molar-refractivity contribution >= 4 is 23.4 Å². The standard InChI is InChI=1S/C16H23FN2O2S/c1-22-9-8-14(18)16(20)19-11-6-7-15(13(17)10-11)21-12-4-2-3-5-12/h6-7,10,12,14H,2-5,8-9,18H2,1H3,(H,19,20)/t14-/m0/s1. The molecule has 1 atom stereocenters. The van der Waals surface area contributed by atoms with E-state index in [-0.39, 0.29) is 17.8 Å². The van der Waals surface area contributed by atoms with Crippen LogP contribution in [0, 0.1) is 5.82 Å². The summed E-state index contributed by atoms with van der Waals surface area (Å²) in [5, 5.41) is 2.64. The smallest absolute Gasteiger partial charge is 0.241 e. The number of hydrogen-bond donors (Lipinski definition) is 2.